The predicted octanol–water partition coefficient (Wildman–Crippen LogP) is 3.17. The van der Waals surface area contributed by atoms with E-state index in [1.165, 1.54) is 18.2 Å². The Morgan fingerprint density at radius 1 is 1.14 bits per heavy atom. The number of hydrogen-bond acceptors (Lipinski definition) is 3. The number of nitrogens with zero attached hydrogens (tertiary/aromatic N) is 1. The molecule has 0 aliphatic rings. The van der Waals surface area contributed by atoms with Gasteiger partial charge in [0.1, 0.15) is 11.6 Å². The molecule has 0 aliphatic carbocycles. The molecule has 0 radical (unpaired) electrons. The predicted molar refractivity (Wildman–Crippen MR) is 105 cm³/mol. The fourth-order valence-electron chi connectivity index (χ4n) is 3.16. The molecule has 0 fully saturated rings. The number of aryl methyl sites for hydroxylation is 2. The Morgan fingerprint density at radius 2 is 1.89 bits per heavy atom. The van der Waals surface area contributed by atoms with Crippen LogP contribution in [0.4, 0.5) is 4.39 Å². The van der Waals surface area contributed by atoms with Crippen molar-refractivity contribution in [1.82, 2.24) is 15.3 Å². The van der Waals surface area contributed by atoms with Gasteiger partial charge in [-0.3, -0.25) is 9.59 Å². The SMILES string of the molecule is Cc1cccc(CC(=O)N[C@H](Cc2cc(=O)[nH]c(C)n2)c2ccc(F)cc2)c1. The van der Waals surface area contributed by atoms with Gasteiger partial charge >= 0.3 is 0 Å². The summed E-state index contributed by atoms with van der Waals surface area (Å²) in [5, 5.41) is 2.99. The maximum Gasteiger partial charge on any atom is 0.251 e. The summed E-state index contributed by atoms with van der Waals surface area (Å²) < 4.78 is 13.3. The van der Waals surface area contributed by atoms with Crippen molar-refractivity contribution in [3.63, 3.8) is 0 Å². The van der Waals surface area contributed by atoms with E-state index >= 15 is 0 Å². The summed E-state index contributed by atoms with van der Waals surface area (Å²) in [5.74, 6) is 0.00615. The zero-order valence-corrected chi connectivity index (χ0v) is 15.8. The Balaban J connectivity index is 1.82. The summed E-state index contributed by atoms with van der Waals surface area (Å²) in [6, 6.07) is 14.7. The molecule has 1 atom stereocenters. The Bertz CT molecular complexity index is 1030. The maximum atomic E-state index is 13.3. The molecule has 0 bridgehead atoms. The Kier molecular flexibility index (Phi) is 5.99. The van der Waals surface area contributed by atoms with Crippen LogP contribution >= 0.6 is 0 Å². The average Bonchev–Trinajstić information content (AvgIpc) is 2.61. The second-order valence-electron chi connectivity index (χ2n) is 6.86. The van der Waals surface area contributed by atoms with Gasteiger partial charge in [-0.1, -0.05) is 42.0 Å². The maximum absolute atomic E-state index is 13.3. The lowest BCUT2D eigenvalue weighted by molar-refractivity contribution is -0.121. The van der Waals surface area contributed by atoms with Crippen molar-refractivity contribution in [2.45, 2.75) is 32.7 Å². The van der Waals surface area contributed by atoms with Crippen molar-refractivity contribution in [1.29, 1.82) is 0 Å². The van der Waals surface area contributed by atoms with Crippen LogP contribution in [-0.2, 0) is 17.6 Å². The second-order valence-corrected chi connectivity index (χ2v) is 6.86. The molecule has 1 heterocycles. The molecule has 2 aromatic carbocycles. The van der Waals surface area contributed by atoms with Crippen LogP contribution in [0.3, 0.4) is 0 Å². The Morgan fingerprint density at radius 3 is 2.57 bits per heavy atom. The number of H-pyrrole nitrogens is 1. The Hall–Kier alpha value is -3.28. The highest BCUT2D eigenvalue weighted by atomic mass is 19.1. The van der Waals surface area contributed by atoms with Crippen LogP contribution in [0.1, 0.15) is 34.3 Å². The molecule has 0 unspecified atom stereocenters. The van der Waals surface area contributed by atoms with Gasteiger partial charge in [-0.25, -0.2) is 9.37 Å². The van der Waals surface area contributed by atoms with Crippen molar-refractivity contribution >= 4 is 5.91 Å². The highest BCUT2D eigenvalue weighted by molar-refractivity contribution is 5.79. The third kappa shape index (κ3) is 5.36. The molecule has 0 aliphatic heterocycles. The molecule has 0 saturated carbocycles. The topological polar surface area (TPSA) is 74.8 Å². The van der Waals surface area contributed by atoms with Gasteiger partial charge in [0.15, 0.2) is 0 Å². The number of carbonyl (C=O) groups is 1. The zero-order chi connectivity index (χ0) is 20.1. The number of halogens is 1. The van der Waals surface area contributed by atoms with Crippen molar-refractivity contribution < 1.29 is 9.18 Å². The van der Waals surface area contributed by atoms with Crippen molar-refractivity contribution in [2.24, 2.45) is 0 Å². The van der Waals surface area contributed by atoms with Gasteiger partial charge in [0.25, 0.3) is 5.56 Å². The second kappa shape index (κ2) is 8.61. The third-order valence-corrected chi connectivity index (χ3v) is 4.38. The standard InChI is InChI=1S/C22H22FN3O2/c1-14-4-3-5-16(10-14)11-21(27)26-20(17-6-8-18(23)9-7-17)12-19-13-22(28)25-15(2)24-19/h3-10,13,20H,11-12H2,1-2H3,(H,26,27)(H,24,25,28)/t20-/m1/s1. The number of nitrogens with one attached hydrogen (secondary N) is 2. The first kappa shape index (κ1) is 19.5. The van der Waals surface area contributed by atoms with Crippen molar-refractivity contribution in [3.8, 4) is 0 Å². The summed E-state index contributed by atoms with van der Waals surface area (Å²) in [5.41, 5.74) is 3.07. The number of rotatable bonds is 6. The molecule has 6 heteroatoms. The van der Waals surface area contributed by atoms with Gasteiger partial charge in [-0.15, -0.1) is 0 Å². The van der Waals surface area contributed by atoms with Crippen LogP contribution < -0.4 is 10.9 Å². The van der Waals surface area contributed by atoms with Crippen LogP contribution in [0.5, 0.6) is 0 Å². The normalized spacial score (nSPS) is 11.8. The number of amides is 1. The molecule has 0 spiro atoms. The van der Waals surface area contributed by atoms with Gasteiger partial charge in [0.2, 0.25) is 5.91 Å². The van der Waals surface area contributed by atoms with E-state index < -0.39 is 6.04 Å². The minimum Gasteiger partial charge on any atom is -0.349 e. The minimum atomic E-state index is -0.424. The fourth-order valence-corrected chi connectivity index (χ4v) is 3.16. The number of carbonyl (C=O) groups excluding carboxylic acids is 1. The first-order valence-electron chi connectivity index (χ1n) is 9.06. The summed E-state index contributed by atoms with van der Waals surface area (Å²) >= 11 is 0. The van der Waals surface area contributed by atoms with Gasteiger partial charge in [0.05, 0.1) is 18.2 Å². The van der Waals surface area contributed by atoms with E-state index in [9.17, 15) is 14.0 Å². The molecule has 2 N–H and O–H groups in total. The first-order chi connectivity index (χ1) is 13.4. The highest BCUT2D eigenvalue weighted by Gasteiger charge is 2.17. The lowest BCUT2D eigenvalue weighted by Gasteiger charge is -2.19. The van der Waals surface area contributed by atoms with Crippen LogP contribution in [0, 0.1) is 19.7 Å². The van der Waals surface area contributed by atoms with Crippen LogP contribution in [-0.4, -0.2) is 15.9 Å². The lowest BCUT2D eigenvalue weighted by Crippen LogP contribution is -2.31. The molecule has 5 nitrogen and oxygen atoms in total. The summed E-state index contributed by atoms with van der Waals surface area (Å²) in [6.45, 7) is 3.68. The average molecular weight is 379 g/mol. The van der Waals surface area contributed by atoms with E-state index in [1.807, 2.05) is 31.2 Å². The molecule has 144 valence electrons. The van der Waals surface area contributed by atoms with Crippen molar-refractivity contribution in [2.75, 3.05) is 0 Å². The first-order valence-corrected chi connectivity index (χ1v) is 9.06. The minimum absolute atomic E-state index is 0.151. The fraction of sp³-hybridized carbons (Fsp3) is 0.227. The summed E-state index contributed by atoms with van der Waals surface area (Å²) in [6.07, 6.45) is 0.567. The van der Waals surface area contributed by atoms with Crippen LogP contribution in [0.15, 0.2) is 59.4 Å². The van der Waals surface area contributed by atoms with E-state index in [1.54, 1.807) is 19.1 Å². The van der Waals surface area contributed by atoms with E-state index in [-0.39, 0.29) is 23.7 Å². The number of aromatic nitrogens is 2. The van der Waals surface area contributed by atoms with Gasteiger partial charge in [0, 0.05) is 12.5 Å². The van der Waals surface area contributed by atoms with E-state index in [0.29, 0.717) is 17.9 Å². The molecule has 28 heavy (non-hydrogen) atoms. The monoisotopic (exact) mass is 379 g/mol. The molecule has 3 aromatic rings. The molecular weight excluding hydrogens is 357 g/mol. The van der Waals surface area contributed by atoms with Gasteiger partial charge in [-0.05, 0) is 37.1 Å². The molecule has 1 aromatic heterocycles. The molecular formula is C22H22FN3O2. The number of benzene rings is 2. The van der Waals surface area contributed by atoms with Crippen molar-refractivity contribution in [3.05, 3.63) is 99.0 Å². The van der Waals surface area contributed by atoms with E-state index in [4.69, 9.17) is 0 Å². The number of aromatic amines is 1. The summed E-state index contributed by atoms with van der Waals surface area (Å²) in [4.78, 5) is 31.3. The van der Waals surface area contributed by atoms with Crippen LogP contribution in [0.25, 0.3) is 0 Å². The number of hydrogen-bond donors (Lipinski definition) is 2. The zero-order valence-electron chi connectivity index (χ0n) is 15.8. The molecule has 3 rings (SSSR count). The van der Waals surface area contributed by atoms with Gasteiger partial charge in [-0.2, -0.15) is 0 Å². The quantitative estimate of drug-likeness (QED) is 0.691. The summed E-state index contributed by atoms with van der Waals surface area (Å²) in [7, 11) is 0. The largest absolute Gasteiger partial charge is 0.349 e. The smallest absolute Gasteiger partial charge is 0.251 e. The molecule has 0 saturated heterocycles. The highest BCUT2D eigenvalue weighted by Crippen LogP contribution is 2.18. The molecule has 1 amide bonds. The van der Waals surface area contributed by atoms with Gasteiger partial charge < -0.3 is 10.3 Å². The Labute approximate surface area is 162 Å². The van der Waals surface area contributed by atoms with Crippen LogP contribution in [0.2, 0.25) is 0 Å². The third-order valence-electron chi connectivity index (χ3n) is 4.38. The lowest BCUT2D eigenvalue weighted by atomic mass is 10.0. The van der Waals surface area contributed by atoms with E-state index in [0.717, 1.165) is 16.7 Å². The van der Waals surface area contributed by atoms with E-state index in [2.05, 4.69) is 15.3 Å².